The van der Waals surface area contributed by atoms with E-state index in [0.717, 1.165) is 13.0 Å². The molecular weight excluding hydrogens is 242 g/mol. The van der Waals surface area contributed by atoms with Gasteiger partial charge < -0.3 is 9.84 Å². The molecule has 4 nitrogen and oxygen atoms in total. The number of ether oxygens (including phenoxy) is 1. The van der Waals surface area contributed by atoms with E-state index >= 15 is 0 Å². The fraction of sp³-hybridized carbons (Fsp3) is 0.533. The van der Waals surface area contributed by atoms with Crippen LogP contribution in [0.3, 0.4) is 0 Å². The van der Waals surface area contributed by atoms with Crippen LogP contribution in [0.5, 0.6) is 5.75 Å². The fourth-order valence-corrected chi connectivity index (χ4v) is 1.59. The van der Waals surface area contributed by atoms with E-state index in [1.807, 2.05) is 0 Å². The zero-order valence-electron chi connectivity index (χ0n) is 12.1. The van der Waals surface area contributed by atoms with E-state index in [0.29, 0.717) is 12.4 Å². The molecule has 0 heterocycles. The SMILES string of the molecule is CCC(C)(C)N(C)CCOc1cccc(C(=O)O)c1. The number of carboxylic acids is 1. The highest BCUT2D eigenvalue weighted by molar-refractivity contribution is 5.87. The first-order valence-electron chi connectivity index (χ1n) is 6.54. The maximum Gasteiger partial charge on any atom is 0.335 e. The highest BCUT2D eigenvalue weighted by Gasteiger charge is 2.20. The van der Waals surface area contributed by atoms with Crippen LogP contribution in [0.1, 0.15) is 37.6 Å². The minimum Gasteiger partial charge on any atom is -0.492 e. The molecule has 0 radical (unpaired) electrons. The third kappa shape index (κ3) is 4.56. The van der Waals surface area contributed by atoms with Gasteiger partial charge in [-0.2, -0.15) is 0 Å². The minimum atomic E-state index is -0.935. The number of hydrogen-bond acceptors (Lipinski definition) is 3. The smallest absolute Gasteiger partial charge is 0.335 e. The number of hydrogen-bond donors (Lipinski definition) is 1. The molecule has 1 rings (SSSR count). The summed E-state index contributed by atoms with van der Waals surface area (Å²) in [5.41, 5.74) is 0.395. The van der Waals surface area contributed by atoms with Crippen molar-refractivity contribution >= 4 is 5.97 Å². The Morgan fingerprint density at radius 3 is 2.68 bits per heavy atom. The van der Waals surface area contributed by atoms with Gasteiger partial charge in [-0.25, -0.2) is 4.79 Å². The Morgan fingerprint density at radius 2 is 2.11 bits per heavy atom. The van der Waals surface area contributed by atoms with Gasteiger partial charge in [-0.15, -0.1) is 0 Å². The van der Waals surface area contributed by atoms with Crippen LogP contribution in [-0.2, 0) is 0 Å². The maximum absolute atomic E-state index is 10.8. The Hall–Kier alpha value is -1.55. The van der Waals surface area contributed by atoms with Gasteiger partial charge in [0.2, 0.25) is 0 Å². The van der Waals surface area contributed by atoms with E-state index in [-0.39, 0.29) is 11.1 Å². The van der Waals surface area contributed by atoms with Crippen LogP contribution in [-0.4, -0.2) is 41.7 Å². The fourth-order valence-electron chi connectivity index (χ4n) is 1.59. The minimum absolute atomic E-state index is 0.145. The summed E-state index contributed by atoms with van der Waals surface area (Å²) >= 11 is 0. The molecule has 0 fully saturated rings. The third-order valence-electron chi connectivity index (χ3n) is 3.67. The van der Waals surface area contributed by atoms with E-state index in [9.17, 15) is 4.79 Å². The monoisotopic (exact) mass is 265 g/mol. The predicted molar refractivity (Wildman–Crippen MR) is 75.9 cm³/mol. The number of likely N-dealkylation sites (N-methyl/N-ethyl adjacent to an activating group) is 1. The number of nitrogens with zero attached hydrogens (tertiary/aromatic N) is 1. The zero-order chi connectivity index (χ0) is 14.5. The van der Waals surface area contributed by atoms with Gasteiger partial charge in [-0.3, -0.25) is 4.90 Å². The Balaban J connectivity index is 2.50. The first kappa shape index (κ1) is 15.5. The molecule has 4 heteroatoms. The molecule has 0 saturated carbocycles. The number of carboxylic acid groups (broad SMARTS) is 1. The van der Waals surface area contributed by atoms with Crippen LogP contribution < -0.4 is 4.74 Å². The van der Waals surface area contributed by atoms with Crippen molar-refractivity contribution in [2.75, 3.05) is 20.2 Å². The topological polar surface area (TPSA) is 49.8 Å². The molecule has 0 aliphatic rings. The molecule has 0 saturated heterocycles. The van der Waals surface area contributed by atoms with Crippen LogP contribution in [0.15, 0.2) is 24.3 Å². The molecule has 0 aromatic heterocycles. The largest absolute Gasteiger partial charge is 0.492 e. The Labute approximate surface area is 115 Å². The van der Waals surface area contributed by atoms with Crippen molar-refractivity contribution in [2.45, 2.75) is 32.7 Å². The van der Waals surface area contributed by atoms with E-state index in [4.69, 9.17) is 9.84 Å². The Kier molecular flexibility index (Phi) is 5.36. The van der Waals surface area contributed by atoms with E-state index in [1.54, 1.807) is 24.3 Å². The van der Waals surface area contributed by atoms with Gasteiger partial charge >= 0.3 is 5.97 Å². The number of carbonyl (C=O) groups is 1. The number of aromatic carboxylic acids is 1. The van der Waals surface area contributed by atoms with E-state index in [1.165, 1.54) is 0 Å². The second-order valence-corrected chi connectivity index (χ2v) is 5.27. The van der Waals surface area contributed by atoms with E-state index < -0.39 is 5.97 Å². The maximum atomic E-state index is 10.8. The van der Waals surface area contributed by atoms with Crippen molar-refractivity contribution in [1.82, 2.24) is 4.90 Å². The van der Waals surface area contributed by atoms with Crippen LogP contribution in [0, 0.1) is 0 Å². The molecule has 0 amide bonds. The molecule has 19 heavy (non-hydrogen) atoms. The van der Waals surface area contributed by atoms with Gasteiger partial charge in [0.05, 0.1) is 5.56 Å². The average Bonchev–Trinajstić information content (AvgIpc) is 2.38. The first-order valence-corrected chi connectivity index (χ1v) is 6.54. The van der Waals surface area contributed by atoms with Crippen LogP contribution in [0.2, 0.25) is 0 Å². The van der Waals surface area contributed by atoms with Gasteiger partial charge in [0.25, 0.3) is 0 Å². The lowest BCUT2D eigenvalue weighted by Crippen LogP contribution is -2.42. The van der Waals surface area contributed by atoms with Crippen molar-refractivity contribution in [2.24, 2.45) is 0 Å². The lowest BCUT2D eigenvalue weighted by molar-refractivity contribution is 0.0696. The Bertz CT molecular complexity index is 429. The van der Waals surface area contributed by atoms with Crippen molar-refractivity contribution in [3.63, 3.8) is 0 Å². The summed E-state index contributed by atoms with van der Waals surface area (Å²) in [6.07, 6.45) is 1.07. The van der Waals surface area contributed by atoms with Gasteiger partial charge in [0.1, 0.15) is 12.4 Å². The van der Waals surface area contributed by atoms with Gasteiger partial charge in [-0.1, -0.05) is 13.0 Å². The summed E-state index contributed by atoms with van der Waals surface area (Å²) in [4.78, 5) is 13.1. The summed E-state index contributed by atoms with van der Waals surface area (Å²) in [6, 6.07) is 6.57. The highest BCUT2D eigenvalue weighted by Crippen LogP contribution is 2.17. The molecule has 106 valence electrons. The average molecular weight is 265 g/mol. The lowest BCUT2D eigenvalue weighted by atomic mass is 10.0. The summed E-state index contributed by atoms with van der Waals surface area (Å²) in [6.45, 7) is 7.89. The van der Waals surface area contributed by atoms with Crippen molar-refractivity contribution in [3.05, 3.63) is 29.8 Å². The molecule has 1 N–H and O–H groups in total. The van der Waals surface area contributed by atoms with Crippen molar-refractivity contribution < 1.29 is 14.6 Å². The standard InChI is InChI=1S/C15H23NO3/c1-5-15(2,3)16(4)9-10-19-13-8-6-7-12(11-13)14(17)18/h6-8,11H,5,9-10H2,1-4H3,(H,17,18). The second-order valence-electron chi connectivity index (χ2n) is 5.27. The molecule has 1 aromatic carbocycles. The molecule has 0 atom stereocenters. The zero-order valence-corrected chi connectivity index (χ0v) is 12.1. The van der Waals surface area contributed by atoms with Gasteiger partial charge in [0, 0.05) is 12.1 Å². The van der Waals surface area contributed by atoms with Crippen LogP contribution >= 0.6 is 0 Å². The lowest BCUT2D eigenvalue weighted by Gasteiger charge is -2.34. The van der Waals surface area contributed by atoms with Crippen molar-refractivity contribution in [1.29, 1.82) is 0 Å². The Morgan fingerprint density at radius 1 is 1.42 bits per heavy atom. The van der Waals surface area contributed by atoms with Crippen molar-refractivity contribution in [3.8, 4) is 5.75 Å². The van der Waals surface area contributed by atoms with Gasteiger partial charge in [0.15, 0.2) is 0 Å². The molecule has 0 bridgehead atoms. The highest BCUT2D eigenvalue weighted by atomic mass is 16.5. The molecular formula is C15H23NO3. The molecule has 0 spiro atoms. The third-order valence-corrected chi connectivity index (χ3v) is 3.67. The quantitative estimate of drug-likeness (QED) is 0.823. The summed E-state index contributed by atoms with van der Waals surface area (Å²) in [5.74, 6) is -0.336. The predicted octanol–water partition coefficient (Wildman–Crippen LogP) is 2.88. The number of rotatable bonds is 7. The molecule has 0 aliphatic carbocycles. The van der Waals surface area contributed by atoms with E-state index in [2.05, 4.69) is 32.7 Å². The summed E-state index contributed by atoms with van der Waals surface area (Å²) < 4.78 is 5.60. The normalized spacial score (nSPS) is 11.6. The van der Waals surface area contributed by atoms with Gasteiger partial charge in [-0.05, 0) is 45.5 Å². The number of benzene rings is 1. The molecule has 0 aliphatic heterocycles. The second kappa shape index (κ2) is 6.57. The first-order chi connectivity index (χ1) is 8.86. The van der Waals surface area contributed by atoms with Crippen LogP contribution in [0.4, 0.5) is 0 Å². The van der Waals surface area contributed by atoms with Crippen LogP contribution in [0.25, 0.3) is 0 Å². The summed E-state index contributed by atoms with van der Waals surface area (Å²) in [7, 11) is 2.07. The summed E-state index contributed by atoms with van der Waals surface area (Å²) in [5, 5.41) is 8.90. The molecule has 1 aromatic rings. The molecule has 0 unspecified atom stereocenters.